The molecule has 0 saturated heterocycles. The third kappa shape index (κ3) is 2.91. The fourth-order valence-corrected chi connectivity index (χ4v) is 5.02. The number of pyridine rings is 1. The molecule has 0 N–H and O–H groups in total. The average molecular weight is 432 g/mol. The predicted molar refractivity (Wildman–Crippen MR) is 96.2 cm³/mol. The van der Waals surface area contributed by atoms with Crippen molar-refractivity contribution < 1.29 is 9.53 Å². The van der Waals surface area contributed by atoms with Crippen molar-refractivity contribution in [2.24, 2.45) is 0 Å². The summed E-state index contributed by atoms with van der Waals surface area (Å²) < 4.78 is 7.34. The van der Waals surface area contributed by atoms with Crippen molar-refractivity contribution in [1.29, 1.82) is 0 Å². The highest BCUT2D eigenvalue weighted by molar-refractivity contribution is 14.2. The van der Waals surface area contributed by atoms with Crippen LogP contribution in [0, 0.1) is 0 Å². The standard InChI is InChI=1S/C14H13IN2O2S2/c1-2-19-14(18)11-8-9-5-7-17(21-15)10-4-3-6-16-12(10)13(9)20-11/h3-4,6,8H,2,5,7H2,1H3. The second kappa shape index (κ2) is 6.53. The first-order chi connectivity index (χ1) is 10.2. The number of aromatic nitrogens is 1. The van der Waals surface area contributed by atoms with Crippen molar-refractivity contribution >= 4 is 53.3 Å². The Morgan fingerprint density at radius 2 is 2.48 bits per heavy atom. The second-order valence-electron chi connectivity index (χ2n) is 4.48. The van der Waals surface area contributed by atoms with Gasteiger partial charge in [-0.25, -0.2) is 4.79 Å². The zero-order valence-electron chi connectivity index (χ0n) is 11.3. The van der Waals surface area contributed by atoms with E-state index < -0.39 is 0 Å². The lowest BCUT2D eigenvalue weighted by atomic mass is 10.1. The van der Waals surface area contributed by atoms with E-state index in [-0.39, 0.29) is 5.97 Å². The number of carbonyl (C=O) groups excluding carboxylic acids is 1. The molecule has 0 aromatic carbocycles. The van der Waals surface area contributed by atoms with Gasteiger partial charge >= 0.3 is 5.97 Å². The van der Waals surface area contributed by atoms with E-state index in [1.807, 2.05) is 19.1 Å². The summed E-state index contributed by atoms with van der Waals surface area (Å²) in [5.74, 6) is -0.242. The van der Waals surface area contributed by atoms with Crippen molar-refractivity contribution in [2.75, 3.05) is 17.5 Å². The highest BCUT2D eigenvalue weighted by Crippen LogP contribution is 2.42. The van der Waals surface area contributed by atoms with Gasteiger partial charge in [0, 0.05) is 43.1 Å². The van der Waals surface area contributed by atoms with Gasteiger partial charge in [-0.3, -0.25) is 4.98 Å². The Bertz CT molecular complexity index is 675. The summed E-state index contributed by atoms with van der Waals surface area (Å²) in [7, 11) is 1.67. The van der Waals surface area contributed by atoms with E-state index >= 15 is 0 Å². The molecule has 0 atom stereocenters. The average Bonchev–Trinajstić information content (AvgIpc) is 2.87. The van der Waals surface area contributed by atoms with E-state index in [1.165, 1.54) is 16.9 Å². The van der Waals surface area contributed by atoms with Crippen LogP contribution in [0.25, 0.3) is 10.6 Å². The number of halogens is 1. The van der Waals surface area contributed by atoms with Crippen molar-refractivity contribution in [2.45, 2.75) is 13.3 Å². The van der Waals surface area contributed by atoms with Crippen molar-refractivity contribution in [1.82, 2.24) is 4.98 Å². The van der Waals surface area contributed by atoms with Crippen LogP contribution in [-0.4, -0.2) is 24.1 Å². The molecular formula is C14H13IN2O2S2. The zero-order valence-corrected chi connectivity index (χ0v) is 15.1. The fraction of sp³-hybridized carbons (Fsp3) is 0.286. The molecule has 110 valence electrons. The lowest BCUT2D eigenvalue weighted by molar-refractivity contribution is 0.0532. The molecule has 2 aromatic rings. The van der Waals surface area contributed by atoms with E-state index in [4.69, 9.17) is 4.74 Å². The van der Waals surface area contributed by atoms with Crippen LogP contribution in [0.15, 0.2) is 24.4 Å². The summed E-state index contributed by atoms with van der Waals surface area (Å²) in [4.78, 5) is 18.2. The Labute approximate surface area is 143 Å². The molecule has 0 radical (unpaired) electrons. The van der Waals surface area contributed by atoms with Crippen LogP contribution in [-0.2, 0) is 11.2 Å². The number of hydrogen-bond donors (Lipinski definition) is 0. The summed E-state index contributed by atoms with van der Waals surface area (Å²) in [5, 5.41) is 0. The van der Waals surface area contributed by atoms with E-state index in [2.05, 4.69) is 36.6 Å². The largest absolute Gasteiger partial charge is 0.462 e. The van der Waals surface area contributed by atoms with Crippen LogP contribution in [0.1, 0.15) is 22.2 Å². The van der Waals surface area contributed by atoms with Crippen LogP contribution in [0.5, 0.6) is 0 Å². The minimum absolute atomic E-state index is 0.242. The lowest BCUT2D eigenvalue weighted by Gasteiger charge is -2.19. The van der Waals surface area contributed by atoms with Gasteiger partial charge in [0.25, 0.3) is 0 Å². The normalized spacial score (nSPS) is 13.3. The first-order valence-corrected chi connectivity index (χ1v) is 10.7. The molecule has 0 spiro atoms. The minimum Gasteiger partial charge on any atom is -0.462 e. The van der Waals surface area contributed by atoms with Crippen LogP contribution < -0.4 is 4.31 Å². The third-order valence-electron chi connectivity index (χ3n) is 3.22. The quantitative estimate of drug-likeness (QED) is 0.410. The van der Waals surface area contributed by atoms with Gasteiger partial charge in [0.2, 0.25) is 0 Å². The van der Waals surface area contributed by atoms with Crippen molar-refractivity contribution in [3.8, 4) is 10.6 Å². The molecule has 0 bridgehead atoms. The number of rotatable bonds is 3. The zero-order chi connectivity index (χ0) is 14.8. The number of carbonyl (C=O) groups is 1. The molecule has 1 aliphatic heterocycles. The smallest absolute Gasteiger partial charge is 0.348 e. The minimum atomic E-state index is -0.242. The van der Waals surface area contributed by atoms with Gasteiger partial charge in [0.1, 0.15) is 10.6 Å². The molecule has 0 aliphatic carbocycles. The van der Waals surface area contributed by atoms with Gasteiger partial charge in [-0.2, -0.15) is 0 Å². The molecule has 0 amide bonds. The molecule has 0 saturated carbocycles. The lowest BCUT2D eigenvalue weighted by Crippen LogP contribution is -2.14. The molecule has 1 aliphatic rings. The van der Waals surface area contributed by atoms with Gasteiger partial charge in [0.05, 0.1) is 17.2 Å². The molecule has 21 heavy (non-hydrogen) atoms. The van der Waals surface area contributed by atoms with E-state index in [9.17, 15) is 4.79 Å². The Morgan fingerprint density at radius 3 is 3.24 bits per heavy atom. The number of thiophene rings is 1. The van der Waals surface area contributed by atoms with Gasteiger partial charge < -0.3 is 9.04 Å². The number of nitrogens with zero attached hydrogens (tertiary/aromatic N) is 2. The monoisotopic (exact) mass is 432 g/mol. The second-order valence-corrected chi connectivity index (χ2v) is 7.29. The van der Waals surface area contributed by atoms with Crippen LogP contribution >= 0.6 is 41.7 Å². The maximum atomic E-state index is 11.9. The highest BCUT2D eigenvalue weighted by atomic mass is 127. The first-order valence-electron chi connectivity index (χ1n) is 6.56. The molecule has 0 unspecified atom stereocenters. The van der Waals surface area contributed by atoms with Gasteiger partial charge in [0.15, 0.2) is 0 Å². The Balaban J connectivity index is 2.07. The molecule has 3 heterocycles. The van der Waals surface area contributed by atoms with Gasteiger partial charge in [-0.15, -0.1) is 11.3 Å². The first kappa shape index (κ1) is 15.1. The van der Waals surface area contributed by atoms with Crippen LogP contribution in [0.2, 0.25) is 0 Å². The fourth-order valence-electron chi connectivity index (χ4n) is 2.30. The van der Waals surface area contributed by atoms with Gasteiger partial charge in [-0.1, -0.05) is 0 Å². The van der Waals surface area contributed by atoms with Crippen molar-refractivity contribution in [3.05, 3.63) is 34.8 Å². The van der Waals surface area contributed by atoms with E-state index in [0.29, 0.717) is 11.5 Å². The molecule has 3 rings (SSSR count). The predicted octanol–water partition coefficient (Wildman–Crippen LogP) is 4.35. The molecule has 4 nitrogen and oxygen atoms in total. The van der Waals surface area contributed by atoms with E-state index in [0.717, 1.165) is 29.2 Å². The third-order valence-corrected chi connectivity index (χ3v) is 6.36. The number of anilines is 1. The summed E-state index contributed by atoms with van der Waals surface area (Å²) >= 11 is 3.77. The van der Waals surface area contributed by atoms with Crippen molar-refractivity contribution in [3.63, 3.8) is 0 Å². The SMILES string of the molecule is CCOC(=O)c1cc2c(s1)-c1ncccc1N(SI)CC2. The summed E-state index contributed by atoms with van der Waals surface area (Å²) in [6.07, 6.45) is 2.70. The maximum absolute atomic E-state index is 11.9. The Hall–Kier alpha value is -0.800. The Morgan fingerprint density at radius 1 is 1.62 bits per heavy atom. The summed E-state index contributed by atoms with van der Waals surface area (Å²) in [6, 6.07) is 5.98. The summed E-state index contributed by atoms with van der Waals surface area (Å²) in [6.45, 7) is 3.12. The molecule has 2 aromatic heterocycles. The molecule has 0 fully saturated rings. The highest BCUT2D eigenvalue weighted by Gasteiger charge is 2.25. The van der Waals surface area contributed by atoms with E-state index in [1.54, 1.807) is 15.3 Å². The number of esters is 1. The Kier molecular flexibility index (Phi) is 4.70. The van der Waals surface area contributed by atoms with Crippen LogP contribution in [0.4, 0.5) is 5.69 Å². The molecule has 7 heteroatoms. The molecular weight excluding hydrogens is 419 g/mol. The summed E-state index contributed by atoms with van der Waals surface area (Å²) in [5.41, 5.74) is 3.23. The number of fused-ring (bicyclic) bond motifs is 3. The number of ether oxygens (including phenoxy) is 1. The van der Waals surface area contributed by atoms with Gasteiger partial charge in [-0.05, 0) is 37.1 Å². The van der Waals surface area contributed by atoms with Crippen LogP contribution in [0.3, 0.4) is 0 Å². The number of hydrogen-bond acceptors (Lipinski definition) is 6. The maximum Gasteiger partial charge on any atom is 0.348 e. The topological polar surface area (TPSA) is 42.4 Å².